The summed E-state index contributed by atoms with van der Waals surface area (Å²) >= 11 is 1.85. The predicted molar refractivity (Wildman–Crippen MR) is 78.5 cm³/mol. The van der Waals surface area contributed by atoms with Crippen molar-refractivity contribution in [2.45, 2.75) is 19.3 Å². The lowest BCUT2D eigenvalue weighted by Gasteiger charge is -2.30. The summed E-state index contributed by atoms with van der Waals surface area (Å²) in [6.07, 6.45) is 1.27. The van der Waals surface area contributed by atoms with Crippen molar-refractivity contribution in [3.05, 3.63) is 35.2 Å². The minimum atomic E-state index is 0. The zero-order chi connectivity index (χ0) is 11.0. The average Bonchev–Trinajstić information content (AvgIpc) is 2.77. The van der Waals surface area contributed by atoms with Crippen molar-refractivity contribution in [3.8, 4) is 0 Å². The molecule has 1 aromatic heterocycles. The first-order valence-corrected chi connectivity index (χ1v) is 6.91. The number of fused-ring (bicyclic) bond motifs is 1. The van der Waals surface area contributed by atoms with Gasteiger partial charge in [-0.2, -0.15) is 0 Å². The number of benzene rings is 1. The van der Waals surface area contributed by atoms with E-state index < -0.39 is 0 Å². The van der Waals surface area contributed by atoms with Crippen molar-refractivity contribution in [2.75, 3.05) is 13.1 Å². The Bertz CT molecular complexity index is 494. The Morgan fingerprint density at radius 3 is 3.00 bits per heavy atom. The molecule has 0 radical (unpaired) electrons. The van der Waals surface area contributed by atoms with Crippen molar-refractivity contribution in [3.63, 3.8) is 0 Å². The maximum absolute atomic E-state index is 3.48. The van der Waals surface area contributed by atoms with E-state index >= 15 is 0 Å². The van der Waals surface area contributed by atoms with Crippen LogP contribution in [0.15, 0.2) is 29.6 Å². The van der Waals surface area contributed by atoms with Gasteiger partial charge in [0.15, 0.2) is 0 Å². The molecule has 0 bridgehead atoms. The first-order chi connectivity index (χ1) is 7.86. The Hall–Kier alpha value is -0.570. The maximum Gasteiger partial charge on any atom is 0.0345 e. The highest BCUT2D eigenvalue weighted by molar-refractivity contribution is 7.17. The first-order valence-electron chi connectivity index (χ1n) is 6.03. The van der Waals surface area contributed by atoms with Crippen LogP contribution in [0, 0.1) is 5.92 Å². The zero-order valence-corrected chi connectivity index (χ0v) is 11.6. The summed E-state index contributed by atoms with van der Waals surface area (Å²) in [5.74, 6) is 1.48. The van der Waals surface area contributed by atoms with E-state index in [-0.39, 0.29) is 12.4 Å². The second-order valence-electron chi connectivity index (χ2n) is 4.76. The molecule has 1 saturated heterocycles. The van der Waals surface area contributed by atoms with Gasteiger partial charge in [-0.25, -0.2) is 0 Å². The molecule has 3 rings (SSSR count). The second-order valence-corrected chi connectivity index (χ2v) is 5.70. The zero-order valence-electron chi connectivity index (χ0n) is 9.98. The number of hydrogen-bond donors (Lipinski definition) is 1. The minimum Gasteiger partial charge on any atom is -0.316 e. The lowest BCUT2D eigenvalue weighted by molar-refractivity contribution is 0.351. The summed E-state index contributed by atoms with van der Waals surface area (Å²) in [6, 6.07) is 9.05. The van der Waals surface area contributed by atoms with E-state index in [1.54, 1.807) is 5.56 Å². The van der Waals surface area contributed by atoms with Gasteiger partial charge in [0.05, 0.1) is 0 Å². The lowest BCUT2D eigenvalue weighted by Crippen LogP contribution is -2.33. The van der Waals surface area contributed by atoms with Crippen LogP contribution in [0.25, 0.3) is 10.1 Å². The molecule has 1 N–H and O–H groups in total. The van der Waals surface area contributed by atoms with Crippen molar-refractivity contribution in [1.29, 1.82) is 0 Å². The average molecular weight is 268 g/mol. The fraction of sp³-hybridized carbons (Fsp3) is 0.429. The van der Waals surface area contributed by atoms with Gasteiger partial charge in [0.1, 0.15) is 0 Å². The molecule has 0 saturated carbocycles. The Kier molecular flexibility index (Phi) is 4.08. The van der Waals surface area contributed by atoms with Gasteiger partial charge in [0.2, 0.25) is 0 Å². The van der Waals surface area contributed by atoms with Crippen LogP contribution in [0.2, 0.25) is 0 Å². The Morgan fingerprint density at radius 2 is 2.18 bits per heavy atom. The topological polar surface area (TPSA) is 12.0 Å². The van der Waals surface area contributed by atoms with E-state index in [1.165, 1.54) is 16.5 Å². The summed E-state index contributed by atoms with van der Waals surface area (Å²) in [6.45, 7) is 4.68. The third kappa shape index (κ3) is 2.35. The highest BCUT2D eigenvalue weighted by Crippen LogP contribution is 2.36. The van der Waals surface area contributed by atoms with E-state index in [2.05, 4.69) is 41.9 Å². The molecular weight excluding hydrogens is 250 g/mol. The molecule has 2 atom stereocenters. The Morgan fingerprint density at radius 1 is 1.29 bits per heavy atom. The first kappa shape index (κ1) is 12.9. The molecule has 0 amide bonds. The number of halogens is 1. The predicted octanol–water partition coefficient (Wildman–Crippen LogP) is 4.04. The van der Waals surface area contributed by atoms with Crippen LogP contribution >= 0.6 is 23.7 Å². The van der Waals surface area contributed by atoms with Crippen LogP contribution in [-0.2, 0) is 0 Å². The molecule has 1 aromatic carbocycles. The molecule has 1 aliphatic rings. The van der Waals surface area contributed by atoms with Crippen molar-refractivity contribution < 1.29 is 0 Å². The van der Waals surface area contributed by atoms with Gasteiger partial charge in [0, 0.05) is 4.70 Å². The summed E-state index contributed by atoms with van der Waals surface area (Å²) in [4.78, 5) is 0. The fourth-order valence-electron chi connectivity index (χ4n) is 2.82. The van der Waals surface area contributed by atoms with E-state index in [0.29, 0.717) is 0 Å². The summed E-state index contributed by atoms with van der Waals surface area (Å²) in [7, 11) is 0. The lowest BCUT2D eigenvalue weighted by atomic mass is 9.81. The number of rotatable bonds is 1. The Balaban J connectivity index is 0.00000108. The van der Waals surface area contributed by atoms with Crippen LogP contribution in [-0.4, -0.2) is 13.1 Å². The van der Waals surface area contributed by atoms with Crippen LogP contribution in [0.4, 0.5) is 0 Å². The number of piperidine rings is 1. The smallest absolute Gasteiger partial charge is 0.0345 e. The van der Waals surface area contributed by atoms with Gasteiger partial charge in [-0.15, -0.1) is 23.7 Å². The molecule has 0 aliphatic carbocycles. The second kappa shape index (κ2) is 5.38. The minimum absolute atomic E-state index is 0. The third-order valence-electron chi connectivity index (χ3n) is 3.71. The molecule has 17 heavy (non-hydrogen) atoms. The van der Waals surface area contributed by atoms with Crippen molar-refractivity contribution >= 4 is 33.8 Å². The third-order valence-corrected chi connectivity index (χ3v) is 4.60. The quantitative estimate of drug-likeness (QED) is 0.822. The van der Waals surface area contributed by atoms with Crippen LogP contribution < -0.4 is 5.32 Å². The summed E-state index contributed by atoms with van der Waals surface area (Å²) < 4.78 is 1.43. The summed E-state index contributed by atoms with van der Waals surface area (Å²) in [5.41, 5.74) is 1.56. The molecule has 1 fully saturated rings. The van der Waals surface area contributed by atoms with Gasteiger partial charge in [-0.05, 0) is 59.8 Å². The fourth-order valence-corrected chi connectivity index (χ4v) is 3.64. The monoisotopic (exact) mass is 267 g/mol. The highest BCUT2D eigenvalue weighted by atomic mass is 35.5. The van der Waals surface area contributed by atoms with Gasteiger partial charge in [-0.3, -0.25) is 0 Å². The van der Waals surface area contributed by atoms with Crippen LogP contribution in [0.5, 0.6) is 0 Å². The van der Waals surface area contributed by atoms with Gasteiger partial charge >= 0.3 is 0 Å². The molecule has 2 aromatic rings. The molecule has 92 valence electrons. The van der Waals surface area contributed by atoms with Crippen LogP contribution in [0.1, 0.15) is 24.8 Å². The van der Waals surface area contributed by atoms with Crippen molar-refractivity contribution in [2.24, 2.45) is 5.92 Å². The molecule has 1 nitrogen and oxygen atoms in total. The van der Waals surface area contributed by atoms with E-state index in [0.717, 1.165) is 24.9 Å². The molecule has 3 heteroatoms. The van der Waals surface area contributed by atoms with Gasteiger partial charge < -0.3 is 5.32 Å². The normalized spacial score (nSPS) is 24.5. The number of thiophene rings is 1. The highest BCUT2D eigenvalue weighted by Gasteiger charge is 2.23. The number of nitrogens with one attached hydrogen (secondary N) is 1. The van der Waals surface area contributed by atoms with E-state index in [4.69, 9.17) is 0 Å². The molecule has 2 unspecified atom stereocenters. The van der Waals surface area contributed by atoms with E-state index in [1.807, 2.05) is 11.3 Å². The number of hydrogen-bond acceptors (Lipinski definition) is 2. The largest absolute Gasteiger partial charge is 0.316 e. The SMILES string of the molecule is CC1CNCCC1c1cccc2sccc12.Cl. The molecule has 0 spiro atoms. The summed E-state index contributed by atoms with van der Waals surface area (Å²) in [5, 5.41) is 7.16. The molecule has 1 aliphatic heterocycles. The standard InChI is InChI=1S/C14H17NS.ClH/c1-10-9-15-7-5-11(10)12-3-2-4-14-13(12)6-8-16-14;/h2-4,6,8,10-11,15H,5,7,9H2,1H3;1H. The van der Waals surface area contributed by atoms with Crippen LogP contribution in [0.3, 0.4) is 0 Å². The van der Waals surface area contributed by atoms with E-state index in [9.17, 15) is 0 Å². The van der Waals surface area contributed by atoms with Gasteiger partial charge in [0.25, 0.3) is 0 Å². The van der Waals surface area contributed by atoms with Crippen molar-refractivity contribution in [1.82, 2.24) is 5.32 Å². The maximum atomic E-state index is 3.48. The molecular formula is C14H18ClNS. The molecule has 2 heterocycles. The Labute approximate surface area is 113 Å². The van der Waals surface area contributed by atoms with Gasteiger partial charge in [-0.1, -0.05) is 19.1 Å².